The summed E-state index contributed by atoms with van der Waals surface area (Å²) in [5, 5.41) is 7.59. The van der Waals surface area contributed by atoms with E-state index >= 15 is 0 Å². The molecule has 29 heavy (non-hydrogen) atoms. The van der Waals surface area contributed by atoms with E-state index in [0.717, 1.165) is 22.4 Å². The summed E-state index contributed by atoms with van der Waals surface area (Å²) < 4.78 is 0. The Morgan fingerprint density at radius 1 is 1.00 bits per heavy atom. The highest BCUT2D eigenvalue weighted by atomic mass is 16.2. The number of aromatic nitrogens is 2. The zero-order valence-electron chi connectivity index (χ0n) is 17.9. The van der Waals surface area contributed by atoms with Crippen LogP contribution in [0.4, 0.5) is 0 Å². The van der Waals surface area contributed by atoms with Crippen molar-refractivity contribution in [2.24, 2.45) is 5.92 Å². The van der Waals surface area contributed by atoms with Gasteiger partial charge in [-0.05, 0) is 29.9 Å². The van der Waals surface area contributed by atoms with Gasteiger partial charge < -0.3 is 4.90 Å². The molecule has 1 unspecified atom stereocenters. The Morgan fingerprint density at radius 2 is 1.66 bits per heavy atom. The highest BCUT2D eigenvalue weighted by Crippen LogP contribution is 2.43. The summed E-state index contributed by atoms with van der Waals surface area (Å²) in [5.41, 5.74) is 7.18. The van der Waals surface area contributed by atoms with Gasteiger partial charge in [0.1, 0.15) is 5.69 Å². The molecule has 2 heterocycles. The number of hydrogen-bond acceptors (Lipinski definition) is 2. The third-order valence-electron chi connectivity index (χ3n) is 5.67. The number of carbonyl (C=O) groups excluding carboxylic acids is 1. The molecule has 1 amide bonds. The van der Waals surface area contributed by atoms with Crippen LogP contribution in [0.25, 0.3) is 11.3 Å². The lowest BCUT2D eigenvalue weighted by molar-refractivity contribution is 0.0722. The summed E-state index contributed by atoms with van der Waals surface area (Å²) >= 11 is 0. The molecular formula is C25H29N3O. The summed E-state index contributed by atoms with van der Waals surface area (Å²) in [6.45, 7) is 11.5. The Hall–Kier alpha value is -2.88. The first-order chi connectivity index (χ1) is 13.9. The average Bonchev–Trinajstić information content (AvgIpc) is 3.22. The van der Waals surface area contributed by atoms with Gasteiger partial charge in [-0.3, -0.25) is 9.89 Å². The quantitative estimate of drug-likeness (QED) is 0.609. The van der Waals surface area contributed by atoms with E-state index in [1.807, 2.05) is 4.90 Å². The van der Waals surface area contributed by atoms with Crippen LogP contribution >= 0.6 is 0 Å². The smallest absolute Gasteiger partial charge is 0.273 e. The number of benzene rings is 2. The van der Waals surface area contributed by atoms with Crippen molar-refractivity contribution in [3.8, 4) is 11.3 Å². The fourth-order valence-electron chi connectivity index (χ4n) is 4.12. The normalized spacial score (nSPS) is 16.2. The standard InChI is InChI=1S/C25H29N3O/c1-15(2)14-28-24(20-12-10-18(11-13-20)16(3)4)21-22(26-27-23(21)25(28)29)19-8-6-17(5)7-9-19/h6-13,15-16,24H,14H2,1-5H3,(H,26,27). The molecule has 4 nitrogen and oxygen atoms in total. The third-order valence-corrected chi connectivity index (χ3v) is 5.67. The first kappa shape index (κ1) is 19.4. The zero-order valence-corrected chi connectivity index (χ0v) is 17.9. The van der Waals surface area contributed by atoms with Gasteiger partial charge in [0.25, 0.3) is 5.91 Å². The van der Waals surface area contributed by atoms with Gasteiger partial charge in [0, 0.05) is 17.7 Å². The first-order valence-corrected chi connectivity index (χ1v) is 10.4. The average molecular weight is 388 g/mol. The van der Waals surface area contributed by atoms with Crippen molar-refractivity contribution >= 4 is 5.91 Å². The fraction of sp³-hybridized carbons (Fsp3) is 0.360. The number of fused-ring (bicyclic) bond motifs is 1. The molecule has 4 heteroatoms. The molecule has 0 saturated carbocycles. The summed E-state index contributed by atoms with van der Waals surface area (Å²) in [5.74, 6) is 0.905. The molecule has 1 atom stereocenters. The van der Waals surface area contributed by atoms with E-state index in [-0.39, 0.29) is 11.9 Å². The van der Waals surface area contributed by atoms with Crippen LogP contribution in [0.1, 0.15) is 72.4 Å². The minimum Gasteiger partial charge on any atom is -0.326 e. The van der Waals surface area contributed by atoms with Crippen LogP contribution in [0.2, 0.25) is 0 Å². The van der Waals surface area contributed by atoms with E-state index in [1.54, 1.807) is 0 Å². The third kappa shape index (κ3) is 3.48. The minimum atomic E-state index is -0.115. The Morgan fingerprint density at radius 3 is 2.24 bits per heavy atom. The molecule has 150 valence electrons. The molecule has 0 fully saturated rings. The predicted octanol–water partition coefficient (Wildman–Crippen LogP) is 5.71. The number of carbonyl (C=O) groups is 1. The Balaban J connectivity index is 1.84. The SMILES string of the molecule is Cc1ccc(-c2n[nH]c3c2C(c2ccc(C(C)C)cc2)N(CC(C)C)C3=O)cc1. The van der Waals surface area contributed by atoms with Crippen molar-refractivity contribution in [2.45, 2.75) is 46.6 Å². The molecule has 3 aromatic rings. The molecule has 0 radical (unpaired) electrons. The van der Waals surface area contributed by atoms with Gasteiger partial charge >= 0.3 is 0 Å². The van der Waals surface area contributed by atoms with Crippen LogP contribution in [0.5, 0.6) is 0 Å². The molecule has 2 aromatic carbocycles. The number of amides is 1. The van der Waals surface area contributed by atoms with Crippen LogP contribution in [-0.4, -0.2) is 27.5 Å². The van der Waals surface area contributed by atoms with E-state index in [1.165, 1.54) is 11.1 Å². The minimum absolute atomic E-state index is 0.0393. The monoisotopic (exact) mass is 387 g/mol. The number of nitrogens with zero attached hydrogens (tertiary/aromatic N) is 2. The maximum Gasteiger partial charge on any atom is 0.273 e. The number of nitrogens with one attached hydrogen (secondary N) is 1. The Labute approximate surface area is 173 Å². The lowest BCUT2D eigenvalue weighted by atomic mass is 9.93. The molecule has 4 rings (SSSR count). The topological polar surface area (TPSA) is 49.0 Å². The van der Waals surface area contributed by atoms with Gasteiger partial charge in [-0.2, -0.15) is 5.10 Å². The number of hydrogen-bond donors (Lipinski definition) is 1. The highest BCUT2D eigenvalue weighted by Gasteiger charge is 2.42. The molecule has 0 spiro atoms. The molecule has 1 aliphatic rings. The van der Waals surface area contributed by atoms with Crippen molar-refractivity contribution in [3.05, 3.63) is 76.5 Å². The maximum atomic E-state index is 13.2. The van der Waals surface area contributed by atoms with Crippen molar-refractivity contribution in [1.82, 2.24) is 15.1 Å². The second kappa shape index (κ2) is 7.51. The number of H-pyrrole nitrogens is 1. The van der Waals surface area contributed by atoms with Gasteiger partial charge in [0.2, 0.25) is 0 Å². The predicted molar refractivity (Wildman–Crippen MR) is 117 cm³/mol. The van der Waals surface area contributed by atoms with Gasteiger partial charge in [-0.25, -0.2) is 0 Å². The summed E-state index contributed by atoms with van der Waals surface area (Å²) in [6.07, 6.45) is 0. The summed E-state index contributed by atoms with van der Waals surface area (Å²) in [4.78, 5) is 15.2. The van der Waals surface area contributed by atoms with E-state index in [2.05, 4.69) is 93.3 Å². The first-order valence-electron chi connectivity index (χ1n) is 10.4. The summed E-state index contributed by atoms with van der Waals surface area (Å²) in [7, 11) is 0. The zero-order chi connectivity index (χ0) is 20.7. The second-order valence-corrected chi connectivity index (χ2v) is 8.80. The largest absolute Gasteiger partial charge is 0.326 e. The number of aryl methyl sites for hydroxylation is 1. The van der Waals surface area contributed by atoms with Gasteiger partial charge in [-0.1, -0.05) is 81.8 Å². The van der Waals surface area contributed by atoms with Crippen LogP contribution in [0, 0.1) is 12.8 Å². The molecular weight excluding hydrogens is 358 g/mol. The van der Waals surface area contributed by atoms with Crippen LogP contribution < -0.4 is 0 Å². The second-order valence-electron chi connectivity index (χ2n) is 8.80. The Kier molecular flexibility index (Phi) is 5.03. The van der Waals surface area contributed by atoms with Crippen LogP contribution in [0.15, 0.2) is 48.5 Å². The number of aromatic amines is 1. The van der Waals surface area contributed by atoms with Crippen molar-refractivity contribution in [1.29, 1.82) is 0 Å². The van der Waals surface area contributed by atoms with Gasteiger partial charge in [-0.15, -0.1) is 0 Å². The van der Waals surface area contributed by atoms with E-state index in [0.29, 0.717) is 24.1 Å². The van der Waals surface area contributed by atoms with Crippen molar-refractivity contribution < 1.29 is 4.79 Å². The highest BCUT2D eigenvalue weighted by molar-refractivity contribution is 6.00. The molecule has 1 aliphatic heterocycles. The van der Waals surface area contributed by atoms with E-state index in [9.17, 15) is 4.79 Å². The fourth-order valence-corrected chi connectivity index (χ4v) is 4.12. The van der Waals surface area contributed by atoms with E-state index in [4.69, 9.17) is 0 Å². The van der Waals surface area contributed by atoms with E-state index < -0.39 is 0 Å². The van der Waals surface area contributed by atoms with Gasteiger partial charge in [0.15, 0.2) is 0 Å². The lowest BCUT2D eigenvalue weighted by Gasteiger charge is -2.28. The lowest BCUT2D eigenvalue weighted by Crippen LogP contribution is -2.32. The van der Waals surface area contributed by atoms with Crippen molar-refractivity contribution in [3.63, 3.8) is 0 Å². The van der Waals surface area contributed by atoms with Gasteiger partial charge in [0.05, 0.1) is 11.7 Å². The maximum absolute atomic E-state index is 13.2. The van der Waals surface area contributed by atoms with Crippen LogP contribution in [-0.2, 0) is 0 Å². The Bertz CT molecular complexity index is 1010. The summed E-state index contributed by atoms with van der Waals surface area (Å²) in [6, 6.07) is 16.9. The molecule has 0 aliphatic carbocycles. The number of rotatable bonds is 5. The molecule has 0 saturated heterocycles. The molecule has 1 N–H and O–H groups in total. The van der Waals surface area contributed by atoms with Crippen molar-refractivity contribution in [2.75, 3.05) is 6.54 Å². The van der Waals surface area contributed by atoms with Crippen LogP contribution in [0.3, 0.4) is 0 Å². The molecule has 0 bridgehead atoms. The molecule has 1 aromatic heterocycles.